The lowest BCUT2D eigenvalue weighted by atomic mass is 10.0. The van der Waals surface area contributed by atoms with Crippen LogP contribution >= 0.6 is 11.6 Å². The molecule has 6 heteroatoms. The molecule has 1 aliphatic rings. The van der Waals surface area contributed by atoms with Gasteiger partial charge in [-0.3, -0.25) is 4.79 Å². The maximum absolute atomic E-state index is 14.4. The fourth-order valence-electron chi connectivity index (χ4n) is 2.80. The van der Waals surface area contributed by atoms with Gasteiger partial charge in [0.1, 0.15) is 5.75 Å². The number of carboxylic acid groups (broad SMARTS) is 1. The van der Waals surface area contributed by atoms with Crippen LogP contribution in [0.15, 0.2) is 36.4 Å². The summed E-state index contributed by atoms with van der Waals surface area (Å²) < 4.78 is 25.5. The number of ether oxygens (including phenoxy) is 2. The largest absolute Gasteiger partial charge is 0.491 e. The first-order chi connectivity index (χ1) is 12.3. The zero-order chi connectivity index (χ0) is 18.8. The highest BCUT2D eigenvalue weighted by Crippen LogP contribution is 2.39. The van der Waals surface area contributed by atoms with Crippen LogP contribution in [0, 0.1) is 17.7 Å². The minimum Gasteiger partial charge on any atom is -0.491 e. The van der Waals surface area contributed by atoms with Gasteiger partial charge in [-0.25, -0.2) is 4.39 Å². The second kappa shape index (κ2) is 7.54. The summed E-state index contributed by atoms with van der Waals surface area (Å²) in [5.74, 6) is -1.00. The normalized spacial score (nSPS) is 18.7. The summed E-state index contributed by atoms with van der Waals surface area (Å²) in [6.07, 6.45) is 0.585. The van der Waals surface area contributed by atoms with Crippen molar-refractivity contribution in [2.24, 2.45) is 11.8 Å². The second-order valence-electron chi connectivity index (χ2n) is 6.74. The maximum atomic E-state index is 14.4. The molecule has 0 saturated heterocycles. The molecule has 26 heavy (non-hydrogen) atoms. The molecule has 2 aromatic rings. The van der Waals surface area contributed by atoms with E-state index in [1.165, 1.54) is 6.07 Å². The van der Waals surface area contributed by atoms with Crippen molar-refractivity contribution in [3.05, 3.63) is 47.2 Å². The molecule has 1 aliphatic carbocycles. The van der Waals surface area contributed by atoms with E-state index in [1.807, 2.05) is 19.9 Å². The molecule has 0 bridgehead atoms. The average molecular weight is 379 g/mol. The quantitative estimate of drug-likeness (QED) is 0.733. The highest BCUT2D eigenvalue weighted by molar-refractivity contribution is 6.31. The number of halogens is 2. The molecule has 0 spiro atoms. The van der Waals surface area contributed by atoms with Crippen LogP contribution in [0.25, 0.3) is 11.1 Å². The topological polar surface area (TPSA) is 55.8 Å². The van der Waals surface area contributed by atoms with Gasteiger partial charge in [0.15, 0.2) is 11.6 Å². The maximum Gasteiger partial charge on any atom is 0.306 e. The molecule has 2 unspecified atom stereocenters. The summed E-state index contributed by atoms with van der Waals surface area (Å²) >= 11 is 6.14. The molecule has 4 nitrogen and oxygen atoms in total. The fourth-order valence-corrected chi connectivity index (χ4v) is 3.02. The van der Waals surface area contributed by atoms with Crippen LogP contribution < -0.4 is 9.47 Å². The summed E-state index contributed by atoms with van der Waals surface area (Å²) in [5, 5.41) is 9.39. The smallest absolute Gasteiger partial charge is 0.306 e. The van der Waals surface area contributed by atoms with Crippen LogP contribution in [0.4, 0.5) is 4.39 Å². The van der Waals surface area contributed by atoms with Gasteiger partial charge in [-0.2, -0.15) is 0 Å². The fraction of sp³-hybridized carbons (Fsp3) is 0.350. The van der Waals surface area contributed by atoms with E-state index in [1.54, 1.807) is 24.3 Å². The monoisotopic (exact) mass is 378 g/mol. The van der Waals surface area contributed by atoms with E-state index >= 15 is 0 Å². The van der Waals surface area contributed by atoms with Gasteiger partial charge < -0.3 is 14.6 Å². The number of benzene rings is 2. The lowest BCUT2D eigenvalue weighted by Crippen LogP contribution is -2.07. The van der Waals surface area contributed by atoms with Crippen LogP contribution in [0.5, 0.6) is 11.5 Å². The Kier molecular flexibility index (Phi) is 5.37. The summed E-state index contributed by atoms with van der Waals surface area (Å²) in [6, 6.07) is 9.93. The van der Waals surface area contributed by atoms with Crippen LogP contribution in [-0.2, 0) is 4.79 Å². The van der Waals surface area contributed by atoms with Gasteiger partial charge in [-0.1, -0.05) is 17.7 Å². The number of hydrogen-bond donors (Lipinski definition) is 1. The Bertz CT molecular complexity index is 821. The Morgan fingerprint density at radius 2 is 2.04 bits per heavy atom. The number of aliphatic carboxylic acids is 1. The van der Waals surface area contributed by atoms with E-state index in [-0.39, 0.29) is 30.3 Å². The molecule has 0 radical (unpaired) electrons. The third-order valence-electron chi connectivity index (χ3n) is 4.20. The number of carboxylic acids is 1. The highest BCUT2D eigenvalue weighted by atomic mass is 35.5. The third-order valence-corrected chi connectivity index (χ3v) is 4.42. The molecule has 0 heterocycles. The predicted octanol–water partition coefficient (Wildman–Crippen LogP) is 5.03. The van der Waals surface area contributed by atoms with E-state index in [2.05, 4.69) is 0 Å². The lowest BCUT2D eigenvalue weighted by molar-refractivity contribution is -0.138. The summed E-state index contributed by atoms with van der Waals surface area (Å²) in [4.78, 5) is 10.8. The standard InChI is InChI=1S/C20H20ClFO4/c1-11(2)26-16-6-13(5-15(21)9-16)12-3-4-19(18(22)8-12)25-10-14-7-17(14)20(23)24/h3-6,8-9,11,14,17H,7,10H2,1-2H3,(H,23,24). The van der Waals surface area contributed by atoms with E-state index in [9.17, 15) is 9.18 Å². The predicted molar refractivity (Wildman–Crippen MR) is 97.3 cm³/mol. The summed E-state index contributed by atoms with van der Waals surface area (Å²) in [5.41, 5.74) is 1.40. The first-order valence-corrected chi connectivity index (χ1v) is 8.84. The van der Waals surface area contributed by atoms with Gasteiger partial charge in [0.25, 0.3) is 0 Å². The van der Waals surface area contributed by atoms with E-state index in [0.29, 0.717) is 22.8 Å². The van der Waals surface area contributed by atoms with Crippen molar-refractivity contribution in [2.75, 3.05) is 6.61 Å². The Hall–Kier alpha value is -2.27. The summed E-state index contributed by atoms with van der Waals surface area (Å²) in [6.45, 7) is 4.04. The molecular formula is C20H20ClFO4. The number of carbonyl (C=O) groups is 1. The van der Waals surface area contributed by atoms with Gasteiger partial charge in [-0.15, -0.1) is 0 Å². The number of rotatable bonds is 7. The third kappa shape index (κ3) is 4.47. The first-order valence-electron chi connectivity index (χ1n) is 8.46. The van der Waals surface area contributed by atoms with Gasteiger partial charge >= 0.3 is 5.97 Å². The molecule has 0 amide bonds. The average Bonchev–Trinajstić information content (AvgIpc) is 3.32. The molecule has 1 N–H and O–H groups in total. The molecule has 1 fully saturated rings. The first kappa shape index (κ1) is 18.5. The van der Waals surface area contributed by atoms with Crippen molar-refractivity contribution in [3.63, 3.8) is 0 Å². The van der Waals surface area contributed by atoms with Crippen molar-refractivity contribution in [2.45, 2.75) is 26.4 Å². The highest BCUT2D eigenvalue weighted by Gasteiger charge is 2.43. The van der Waals surface area contributed by atoms with E-state index in [4.69, 9.17) is 26.2 Å². The molecule has 2 atom stereocenters. The van der Waals surface area contributed by atoms with E-state index < -0.39 is 11.8 Å². The molecule has 138 valence electrons. The number of hydrogen-bond acceptors (Lipinski definition) is 3. The molecular weight excluding hydrogens is 359 g/mol. The van der Waals surface area contributed by atoms with Crippen molar-refractivity contribution >= 4 is 17.6 Å². The van der Waals surface area contributed by atoms with Crippen molar-refractivity contribution in [3.8, 4) is 22.6 Å². The molecule has 0 aliphatic heterocycles. The van der Waals surface area contributed by atoms with Crippen LogP contribution in [0.1, 0.15) is 20.3 Å². The van der Waals surface area contributed by atoms with Gasteiger partial charge in [0.05, 0.1) is 18.6 Å². The van der Waals surface area contributed by atoms with Crippen molar-refractivity contribution in [1.29, 1.82) is 0 Å². The molecule has 1 saturated carbocycles. The molecule has 2 aromatic carbocycles. The van der Waals surface area contributed by atoms with Gasteiger partial charge in [0, 0.05) is 10.9 Å². The van der Waals surface area contributed by atoms with Crippen LogP contribution in [0.3, 0.4) is 0 Å². The minimum absolute atomic E-state index is 0.00545. The SMILES string of the molecule is CC(C)Oc1cc(Cl)cc(-c2ccc(OCC3CC3C(=O)O)c(F)c2)c1. The lowest BCUT2D eigenvalue weighted by Gasteiger charge is -2.13. The second-order valence-corrected chi connectivity index (χ2v) is 7.18. The minimum atomic E-state index is -0.824. The molecule has 0 aromatic heterocycles. The van der Waals surface area contributed by atoms with Crippen molar-refractivity contribution in [1.82, 2.24) is 0 Å². The Morgan fingerprint density at radius 1 is 1.27 bits per heavy atom. The molecule has 3 rings (SSSR count). The Balaban J connectivity index is 1.73. The van der Waals surface area contributed by atoms with Gasteiger partial charge in [-0.05, 0) is 61.7 Å². The van der Waals surface area contributed by atoms with Crippen LogP contribution in [0.2, 0.25) is 5.02 Å². The Morgan fingerprint density at radius 3 is 2.65 bits per heavy atom. The Labute approximate surface area is 156 Å². The van der Waals surface area contributed by atoms with Crippen LogP contribution in [-0.4, -0.2) is 23.8 Å². The zero-order valence-electron chi connectivity index (χ0n) is 14.5. The summed E-state index contributed by atoms with van der Waals surface area (Å²) in [7, 11) is 0. The zero-order valence-corrected chi connectivity index (χ0v) is 15.3. The van der Waals surface area contributed by atoms with E-state index in [0.717, 1.165) is 5.56 Å². The van der Waals surface area contributed by atoms with Crippen molar-refractivity contribution < 1.29 is 23.8 Å². The van der Waals surface area contributed by atoms with Gasteiger partial charge in [0.2, 0.25) is 0 Å².